The van der Waals surface area contributed by atoms with Crippen LogP contribution in [-0.4, -0.2) is 10.9 Å². The third-order valence-corrected chi connectivity index (χ3v) is 3.77. The number of thiazole rings is 1. The molecule has 1 nitrogen and oxygen atoms in total. The molecule has 0 aliphatic heterocycles. The molecule has 0 amide bonds. The Morgan fingerprint density at radius 2 is 2.24 bits per heavy atom. The van der Waals surface area contributed by atoms with Gasteiger partial charge in [-0.1, -0.05) is 29.8 Å². The van der Waals surface area contributed by atoms with E-state index >= 15 is 0 Å². The summed E-state index contributed by atoms with van der Waals surface area (Å²) in [7, 11) is 0. The van der Waals surface area contributed by atoms with Gasteiger partial charge in [-0.2, -0.15) is 0 Å². The molecular weight excluding hydrogens is 250 g/mol. The van der Waals surface area contributed by atoms with Crippen molar-refractivity contribution in [1.29, 1.82) is 0 Å². The minimum absolute atomic E-state index is 0.713. The fraction of sp³-hybridized carbons (Fsp3) is 0.357. The van der Waals surface area contributed by atoms with Crippen LogP contribution in [0.1, 0.15) is 28.2 Å². The second-order valence-corrected chi connectivity index (χ2v) is 5.51. The molecule has 1 heterocycles. The van der Waals surface area contributed by atoms with Gasteiger partial charge in [0, 0.05) is 17.7 Å². The van der Waals surface area contributed by atoms with Crippen LogP contribution in [0.25, 0.3) is 0 Å². The van der Waals surface area contributed by atoms with Gasteiger partial charge < -0.3 is 0 Å². The first kappa shape index (κ1) is 12.6. The summed E-state index contributed by atoms with van der Waals surface area (Å²) in [5.74, 6) is 0.713. The standard InChI is InChI=1S/C14H16ClNS/c1-11-4-2-5-12(8-11)9-14-16-13(10-17-14)6-3-7-15/h2,4-5,8,10H,3,6-7,9H2,1H3. The molecule has 0 unspecified atom stereocenters. The van der Waals surface area contributed by atoms with Gasteiger partial charge in [-0.05, 0) is 25.3 Å². The van der Waals surface area contributed by atoms with E-state index in [1.807, 2.05) is 0 Å². The van der Waals surface area contributed by atoms with Gasteiger partial charge in [0.1, 0.15) is 0 Å². The summed E-state index contributed by atoms with van der Waals surface area (Å²) in [6, 6.07) is 8.61. The highest BCUT2D eigenvalue weighted by molar-refractivity contribution is 7.09. The molecule has 3 heteroatoms. The molecule has 2 aromatic rings. The Morgan fingerprint density at radius 3 is 3.00 bits per heavy atom. The zero-order chi connectivity index (χ0) is 12.1. The first-order valence-electron chi connectivity index (χ1n) is 5.83. The molecule has 0 atom stereocenters. The Hall–Kier alpha value is -0.860. The maximum absolute atomic E-state index is 5.68. The topological polar surface area (TPSA) is 12.9 Å². The molecule has 0 radical (unpaired) electrons. The van der Waals surface area contributed by atoms with E-state index in [1.165, 1.54) is 21.8 Å². The monoisotopic (exact) mass is 265 g/mol. The molecule has 1 aromatic carbocycles. The summed E-state index contributed by atoms with van der Waals surface area (Å²) in [6.07, 6.45) is 2.94. The third kappa shape index (κ3) is 3.83. The summed E-state index contributed by atoms with van der Waals surface area (Å²) in [5, 5.41) is 3.35. The van der Waals surface area contributed by atoms with E-state index in [0.717, 1.165) is 19.3 Å². The van der Waals surface area contributed by atoms with Crippen molar-refractivity contribution in [2.75, 3.05) is 5.88 Å². The lowest BCUT2D eigenvalue weighted by Gasteiger charge is -1.99. The lowest BCUT2D eigenvalue weighted by atomic mass is 10.1. The fourth-order valence-electron chi connectivity index (χ4n) is 1.79. The molecule has 0 aliphatic rings. The maximum Gasteiger partial charge on any atom is 0.0972 e. The summed E-state index contributed by atoms with van der Waals surface area (Å²) < 4.78 is 0. The summed E-state index contributed by atoms with van der Waals surface area (Å²) >= 11 is 7.43. The first-order valence-corrected chi connectivity index (χ1v) is 7.24. The molecular formula is C14H16ClNS. The van der Waals surface area contributed by atoms with Gasteiger partial charge in [0.15, 0.2) is 0 Å². The molecule has 17 heavy (non-hydrogen) atoms. The Morgan fingerprint density at radius 1 is 1.35 bits per heavy atom. The van der Waals surface area contributed by atoms with Crippen LogP contribution in [0.5, 0.6) is 0 Å². The molecule has 1 aromatic heterocycles. The number of benzene rings is 1. The van der Waals surface area contributed by atoms with Gasteiger partial charge in [0.05, 0.1) is 10.7 Å². The Labute approximate surface area is 111 Å². The number of hydrogen-bond acceptors (Lipinski definition) is 2. The number of hydrogen-bond donors (Lipinski definition) is 0. The maximum atomic E-state index is 5.68. The average Bonchev–Trinajstić information content (AvgIpc) is 2.74. The van der Waals surface area contributed by atoms with E-state index < -0.39 is 0 Å². The molecule has 2 rings (SSSR count). The van der Waals surface area contributed by atoms with Crippen LogP contribution < -0.4 is 0 Å². The number of halogens is 1. The van der Waals surface area contributed by atoms with E-state index in [9.17, 15) is 0 Å². The van der Waals surface area contributed by atoms with Crippen molar-refractivity contribution in [3.8, 4) is 0 Å². The number of nitrogens with zero attached hydrogens (tertiary/aromatic N) is 1. The van der Waals surface area contributed by atoms with Crippen molar-refractivity contribution in [3.63, 3.8) is 0 Å². The SMILES string of the molecule is Cc1cccc(Cc2nc(CCCCl)cs2)c1. The van der Waals surface area contributed by atoms with Crippen LogP contribution in [0.15, 0.2) is 29.6 Å². The molecule has 0 saturated carbocycles. The highest BCUT2D eigenvalue weighted by Gasteiger charge is 2.03. The lowest BCUT2D eigenvalue weighted by Crippen LogP contribution is -1.90. The molecule has 0 aliphatic carbocycles. The van der Waals surface area contributed by atoms with Crippen molar-refractivity contribution < 1.29 is 0 Å². The molecule has 0 fully saturated rings. The summed E-state index contributed by atoms with van der Waals surface area (Å²) in [4.78, 5) is 4.63. The predicted molar refractivity (Wildman–Crippen MR) is 75.1 cm³/mol. The van der Waals surface area contributed by atoms with Crippen LogP contribution >= 0.6 is 22.9 Å². The highest BCUT2D eigenvalue weighted by Crippen LogP contribution is 2.16. The van der Waals surface area contributed by atoms with Crippen LogP contribution in [0.2, 0.25) is 0 Å². The van der Waals surface area contributed by atoms with Crippen LogP contribution in [0.3, 0.4) is 0 Å². The molecule has 0 spiro atoms. The number of rotatable bonds is 5. The minimum atomic E-state index is 0.713. The van der Waals surface area contributed by atoms with Crippen molar-refractivity contribution in [2.24, 2.45) is 0 Å². The number of alkyl halides is 1. The second-order valence-electron chi connectivity index (χ2n) is 4.19. The van der Waals surface area contributed by atoms with Gasteiger partial charge in [0.25, 0.3) is 0 Å². The zero-order valence-corrected chi connectivity index (χ0v) is 11.5. The first-order chi connectivity index (χ1) is 8.28. The van der Waals surface area contributed by atoms with Crippen LogP contribution in [0.4, 0.5) is 0 Å². The molecule has 0 bridgehead atoms. The van der Waals surface area contributed by atoms with Gasteiger partial charge in [-0.25, -0.2) is 4.98 Å². The molecule has 0 saturated heterocycles. The quantitative estimate of drug-likeness (QED) is 0.738. The summed E-state index contributed by atoms with van der Waals surface area (Å²) in [6.45, 7) is 2.12. The average molecular weight is 266 g/mol. The van der Waals surface area contributed by atoms with Gasteiger partial charge in [-0.3, -0.25) is 0 Å². The van der Waals surface area contributed by atoms with Crippen molar-refractivity contribution >= 4 is 22.9 Å². The molecule has 0 N–H and O–H groups in total. The minimum Gasteiger partial charge on any atom is -0.246 e. The zero-order valence-electron chi connectivity index (χ0n) is 9.95. The summed E-state index contributed by atoms with van der Waals surface area (Å²) in [5.41, 5.74) is 3.82. The van der Waals surface area contributed by atoms with Crippen molar-refractivity contribution in [1.82, 2.24) is 4.98 Å². The van der Waals surface area contributed by atoms with E-state index in [0.29, 0.717) is 5.88 Å². The van der Waals surface area contributed by atoms with Gasteiger partial charge >= 0.3 is 0 Å². The normalized spacial score (nSPS) is 10.7. The predicted octanol–water partition coefficient (Wildman–Crippen LogP) is 4.21. The van der Waals surface area contributed by atoms with Crippen LogP contribution in [-0.2, 0) is 12.8 Å². The smallest absolute Gasteiger partial charge is 0.0972 e. The van der Waals surface area contributed by atoms with Crippen LogP contribution in [0, 0.1) is 6.92 Å². The van der Waals surface area contributed by atoms with E-state index in [2.05, 4.69) is 41.6 Å². The molecule has 90 valence electrons. The fourth-order valence-corrected chi connectivity index (χ4v) is 2.79. The Bertz CT molecular complexity index is 479. The number of aryl methyl sites for hydroxylation is 2. The van der Waals surface area contributed by atoms with E-state index in [1.54, 1.807) is 11.3 Å². The number of aromatic nitrogens is 1. The van der Waals surface area contributed by atoms with Gasteiger partial charge in [-0.15, -0.1) is 22.9 Å². The van der Waals surface area contributed by atoms with Crippen molar-refractivity contribution in [3.05, 3.63) is 51.5 Å². The van der Waals surface area contributed by atoms with E-state index in [-0.39, 0.29) is 0 Å². The van der Waals surface area contributed by atoms with Crippen molar-refractivity contribution in [2.45, 2.75) is 26.2 Å². The Balaban J connectivity index is 2.01. The third-order valence-electron chi connectivity index (χ3n) is 2.60. The second kappa shape index (κ2) is 6.18. The largest absolute Gasteiger partial charge is 0.246 e. The Kier molecular flexibility index (Phi) is 4.57. The van der Waals surface area contributed by atoms with Gasteiger partial charge in [0.2, 0.25) is 0 Å². The highest BCUT2D eigenvalue weighted by atomic mass is 35.5. The lowest BCUT2D eigenvalue weighted by molar-refractivity contribution is 0.889. The van der Waals surface area contributed by atoms with E-state index in [4.69, 9.17) is 11.6 Å².